The third-order valence-electron chi connectivity index (χ3n) is 3.43. The summed E-state index contributed by atoms with van der Waals surface area (Å²) in [7, 11) is 0. The fourth-order valence-electron chi connectivity index (χ4n) is 2.44. The molecule has 15 heavy (non-hydrogen) atoms. The van der Waals surface area contributed by atoms with Crippen LogP contribution in [0, 0.1) is 0 Å². The van der Waals surface area contributed by atoms with Crippen LogP contribution in [-0.4, -0.2) is 29.4 Å². The Kier molecular flexibility index (Phi) is 5.09. The SMILES string of the molecule is CCC(C)N(C(=O)CCN)C1CCCC1. The molecule has 88 valence electrons. The van der Waals surface area contributed by atoms with E-state index in [0.717, 1.165) is 6.42 Å². The summed E-state index contributed by atoms with van der Waals surface area (Å²) in [5, 5.41) is 0. The summed E-state index contributed by atoms with van der Waals surface area (Å²) in [5.74, 6) is 0.249. The Labute approximate surface area is 93.0 Å². The highest BCUT2D eigenvalue weighted by Gasteiger charge is 2.28. The average Bonchev–Trinajstić information content (AvgIpc) is 2.71. The van der Waals surface area contributed by atoms with E-state index in [9.17, 15) is 4.79 Å². The highest BCUT2D eigenvalue weighted by atomic mass is 16.2. The number of hydrogen-bond donors (Lipinski definition) is 1. The second-order valence-corrected chi connectivity index (χ2v) is 4.54. The van der Waals surface area contributed by atoms with Gasteiger partial charge in [0, 0.05) is 25.0 Å². The molecular formula is C12H24N2O. The normalized spacial score (nSPS) is 19.1. The van der Waals surface area contributed by atoms with E-state index in [-0.39, 0.29) is 5.91 Å². The summed E-state index contributed by atoms with van der Waals surface area (Å²) in [6, 6.07) is 0.853. The zero-order valence-electron chi connectivity index (χ0n) is 10.0. The fourth-order valence-corrected chi connectivity index (χ4v) is 2.44. The molecule has 0 aromatic carbocycles. The molecular weight excluding hydrogens is 188 g/mol. The van der Waals surface area contributed by atoms with Crippen LogP contribution in [0.5, 0.6) is 0 Å². The minimum absolute atomic E-state index is 0.249. The van der Waals surface area contributed by atoms with Crippen molar-refractivity contribution in [1.82, 2.24) is 4.90 Å². The van der Waals surface area contributed by atoms with E-state index < -0.39 is 0 Å². The van der Waals surface area contributed by atoms with Gasteiger partial charge in [0.05, 0.1) is 0 Å². The van der Waals surface area contributed by atoms with Crippen LogP contribution >= 0.6 is 0 Å². The molecule has 0 saturated heterocycles. The molecule has 1 aliphatic rings. The van der Waals surface area contributed by atoms with E-state index in [2.05, 4.69) is 18.7 Å². The van der Waals surface area contributed by atoms with E-state index >= 15 is 0 Å². The van der Waals surface area contributed by atoms with E-state index in [0.29, 0.717) is 25.0 Å². The molecule has 1 fully saturated rings. The summed E-state index contributed by atoms with van der Waals surface area (Å²) in [6.45, 7) is 4.76. The van der Waals surface area contributed by atoms with E-state index in [4.69, 9.17) is 5.73 Å². The predicted octanol–water partition coefficient (Wildman–Crippen LogP) is 1.90. The number of nitrogens with two attached hydrogens (primary N) is 1. The number of carbonyl (C=O) groups excluding carboxylic acids is 1. The second-order valence-electron chi connectivity index (χ2n) is 4.54. The average molecular weight is 212 g/mol. The van der Waals surface area contributed by atoms with E-state index in [1.807, 2.05) is 0 Å². The molecule has 0 aromatic heterocycles. The molecule has 2 N–H and O–H groups in total. The van der Waals surface area contributed by atoms with Gasteiger partial charge in [0.1, 0.15) is 0 Å². The van der Waals surface area contributed by atoms with Gasteiger partial charge in [0.2, 0.25) is 5.91 Å². The van der Waals surface area contributed by atoms with Crippen molar-refractivity contribution < 1.29 is 4.79 Å². The number of amides is 1. The van der Waals surface area contributed by atoms with Crippen LogP contribution < -0.4 is 5.73 Å². The van der Waals surface area contributed by atoms with Gasteiger partial charge in [-0.15, -0.1) is 0 Å². The van der Waals surface area contributed by atoms with Crippen molar-refractivity contribution in [3.05, 3.63) is 0 Å². The summed E-state index contributed by atoms with van der Waals surface area (Å²) in [5.41, 5.74) is 5.46. The summed E-state index contributed by atoms with van der Waals surface area (Å²) in [4.78, 5) is 14.1. The van der Waals surface area contributed by atoms with Crippen molar-refractivity contribution in [1.29, 1.82) is 0 Å². The Morgan fingerprint density at radius 1 is 1.47 bits per heavy atom. The smallest absolute Gasteiger partial charge is 0.224 e. The molecule has 0 bridgehead atoms. The van der Waals surface area contributed by atoms with E-state index in [1.54, 1.807) is 0 Å². The quantitative estimate of drug-likeness (QED) is 0.756. The minimum atomic E-state index is 0.249. The maximum Gasteiger partial charge on any atom is 0.224 e. The lowest BCUT2D eigenvalue weighted by molar-refractivity contribution is -0.135. The first kappa shape index (κ1) is 12.5. The van der Waals surface area contributed by atoms with Gasteiger partial charge in [-0.1, -0.05) is 19.8 Å². The monoisotopic (exact) mass is 212 g/mol. The van der Waals surface area contributed by atoms with Gasteiger partial charge < -0.3 is 10.6 Å². The summed E-state index contributed by atoms with van der Waals surface area (Å²) in [6.07, 6.45) is 6.44. The maximum absolute atomic E-state index is 12.0. The van der Waals surface area contributed by atoms with Crippen LogP contribution in [0.2, 0.25) is 0 Å². The van der Waals surface area contributed by atoms with Gasteiger partial charge in [-0.25, -0.2) is 0 Å². The minimum Gasteiger partial charge on any atom is -0.337 e. The van der Waals surface area contributed by atoms with Crippen LogP contribution in [0.25, 0.3) is 0 Å². The van der Waals surface area contributed by atoms with Crippen molar-refractivity contribution in [2.45, 2.75) is 64.5 Å². The van der Waals surface area contributed by atoms with Gasteiger partial charge >= 0.3 is 0 Å². The Morgan fingerprint density at radius 3 is 2.53 bits per heavy atom. The van der Waals surface area contributed by atoms with Crippen LogP contribution in [-0.2, 0) is 4.79 Å². The Hall–Kier alpha value is -0.570. The van der Waals surface area contributed by atoms with Crippen LogP contribution in [0.3, 0.4) is 0 Å². The lowest BCUT2D eigenvalue weighted by atomic mass is 10.1. The van der Waals surface area contributed by atoms with Crippen LogP contribution in [0.4, 0.5) is 0 Å². The number of hydrogen-bond acceptors (Lipinski definition) is 2. The molecule has 3 nitrogen and oxygen atoms in total. The Balaban J connectivity index is 2.63. The Bertz CT molecular complexity index is 200. The first-order chi connectivity index (χ1) is 7.20. The van der Waals surface area contributed by atoms with Crippen LogP contribution in [0.15, 0.2) is 0 Å². The van der Waals surface area contributed by atoms with Crippen molar-refractivity contribution in [3.8, 4) is 0 Å². The van der Waals surface area contributed by atoms with E-state index in [1.165, 1.54) is 25.7 Å². The molecule has 1 aliphatic carbocycles. The summed E-state index contributed by atoms with van der Waals surface area (Å²) >= 11 is 0. The molecule has 0 aliphatic heterocycles. The first-order valence-electron chi connectivity index (χ1n) is 6.22. The molecule has 1 saturated carbocycles. The molecule has 1 amide bonds. The second kappa shape index (κ2) is 6.11. The van der Waals surface area contributed by atoms with Gasteiger partial charge in [0.15, 0.2) is 0 Å². The third-order valence-corrected chi connectivity index (χ3v) is 3.43. The topological polar surface area (TPSA) is 46.3 Å². The standard InChI is InChI=1S/C12H24N2O/c1-3-10(2)14(12(15)8-9-13)11-6-4-5-7-11/h10-11H,3-9,13H2,1-2H3. The fraction of sp³-hybridized carbons (Fsp3) is 0.917. The zero-order chi connectivity index (χ0) is 11.3. The van der Waals surface area contributed by atoms with Gasteiger partial charge in [-0.2, -0.15) is 0 Å². The van der Waals surface area contributed by atoms with Crippen molar-refractivity contribution >= 4 is 5.91 Å². The first-order valence-corrected chi connectivity index (χ1v) is 6.22. The summed E-state index contributed by atoms with van der Waals surface area (Å²) < 4.78 is 0. The Morgan fingerprint density at radius 2 is 2.07 bits per heavy atom. The molecule has 3 heteroatoms. The largest absolute Gasteiger partial charge is 0.337 e. The molecule has 1 rings (SSSR count). The lowest BCUT2D eigenvalue weighted by Gasteiger charge is -2.34. The number of carbonyl (C=O) groups is 1. The molecule has 1 unspecified atom stereocenters. The third kappa shape index (κ3) is 3.20. The van der Waals surface area contributed by atoms with Crippen molar-refractivity contribution in [3.63, 3.8) is 0 Å². The lowest BCUT2D eigenvalue weighted by Crippen LogP contribution is -2.45. The van der Waals surface area contributed by atoms with Crippen molar-refractivity contribution in [2.24, 2.45) is 5.73 Å². The number of nitrogens with zero attached hydrogens (tertiary/aromatic N) is 1. The molecule has 0 aromatic rings. The van der Waals surface area contributed by atoms with Crippen LogP contribution in [0.1, 0.15) is 52.4 Å². The van der Waals surface area contributed by atoms with Gasteiger partial charge in [0.25, 0.3) is 0 Å². The molecule has 1 atom stereocenters. The van der Waals surface area contributed by atoms with Gasteiger partial charge in [-0.3, -0.25) is 4.79 Å². The molecule has 0 radical (unpaired) electrons. The highest BCUT2D eigenvalue weighted by molar-refractivity contribution is 5.77. The van der Waals surface area contributed by atoms with Gasteiger partial charge in [-0.05, 0) is 26.2 Å². The molecule has 0 heterocycles. The van der Waals surface area contributed by atoms with Crippen molar-refractivity contribution in [2.75, 3.05) is 6.54 Å². The highest BCUT2D eigenvalue weighted by Crippen LogP contribution is 2.26. The maximum atomic E-state index is 12.0. The molecule has 0 spiro atoms. The zero-order valence-corrected chi connectivity index (χ0v) is 10.0. The predicted molar refractivity (Wildman–Crippen MR) is 62.5 cm³/mol. The number of rotatable bonds is 5.